The third kappa shape index (κ3) is 5.44. The van der Waals surface area contributed by atoms with Crippen molar-refractivity contribution in [1.82, 2.24) is 14.9 Å². The van der Waals surface area contributed by atoms with Gasteiger partial charge in [-0.2, -0.15) is 17.6 Å². The van der Waals surface area contributed by atoms with Crippen LogP contribution in [0.5, 0.6) is 0 Å². The van der Waals surface area contributed by atoms with E-state index >= 15 is 4.39 Å². The van der Waals surface area contributed by atoms with Gasteiger partial charge in [-0.05, 0) is 43.4 Å². The van der Waals surface area contributed by atoms with Gasteiger partial charge in [-0.25, -0.2) is 14.8 Å². The van der Waals surface area contributed by atoms with Gasteiger partial charge in [0.1, 0.15) is 6.33 Å². The number of hydrogen-bond donors (Lipinski definition) is 3. The van der Waals surface area contributed by atoms with E-state index in [0.717, 1.165) is 25.0 Å². The van der Waals surface area contributed by atoms with Gasteiger partial charge in [0, 0.05) is 32.2 Å². The summed E-state index contributed by atoms with van der Waals surface area (Å²) in [6.07, 6.45) is -2.41. The standard InChI is InChI=1S/C23H26F4N6O3/c24-17-18(29-12-22(20(28)34)7-9-32(10-8-22)21(35)36)30-13-31-19(17)33(16-5-6-16)11-14-1-3-15(4-2-14)23(25,26)27/h1-4,13,16H,5-12H2,(H2,28,34)(H,35,36)(H,29,30,31). The number of likely N-dealkylation sites (tertiary alicyclic amines) is 1. The molecule has 2 fully saturated rings. The zero-order valence-electron chi connectivity index (χ0n) is 19.3. The van der Waals surface area contributed by atoms with Gasteiger partial charge >= 0.3 is 12.3 Å². The molecule has 1 aromatic carbocycles. The summed E-state index contributed by atoms with van der Waals surface area (Å²) in [6, 6.07) is 4.68. The van der Waals surface area contributed by atoms with E-state index in [2.05, 4.69) is 15.3 Å². The summed E-state index contributed by atoms with van der Waals surface area (Å²) in [5, 5.41) is 12.0. The van der Waals surface area contributed by atoms with Crippen molar-refractivity contribution in [1.29, 1.82) is 0 Å². The van der Waals surface area contributed by atoms with Gasteiger partial charge in [0.25, 0.3) is 0 Å². The summed E-state index contributed by atoms with van der Waals surface area (Å²) in [7, 11) is 0. The van der Waals surface area contributed by atoms with E-state index < -0.39 is 35.0 Å². The lowest BCUT2D eigenvalue weighted by Crippen LogP contribution is -2.51. The third-order valence-corrected chi connectivity index (χ3v) is 6.77. The maximum Gasteiger partial charge on any atom is 0.416 e. The summed E-state index contributed by atoms with van der Waals surface area (Å²) in [5.41, 5.74) is 4.36. The lowest BCUT2D eigenvalue weighted by molar-refractivity contribution is -0.137. The van der Waals surface area contributed by atoms with E-state index in [1.165, 1.54) is 23.4 Å². The zero-order chi connectivity index (χ0) is 26.1. The number of nitrogens with one attached hydrogen (secondary N) is 1. The summed E-state index contributed by atoms with van der Waals surface area (Å²) in [6.45, 7) is 0.373. The van der Waals surface area contributed by atoms with Crippen LogP contribution in [0.4, 0.5) is 34.0 Å². The first-order chi connectivity index (χ1) is 17.0. The molecule has 1 aromatic heterocycles. The number of aromatic nitrogens is 2. The molecule has 9 nitrogen and oxygen atoms in total. The Morgan fingerprint density at radius 2 is 1.81 bits per heavy atom. The van der Waals surface area contributed by atoms with E-state index in [-0.39, 0.29) is 56.7 Å². The van der Waals surface area contributed by atoms with Crippen molar-refractivity contribution in [3.63, 3.8) is 0 Å². The van der Waals surface area contributed by atoms with Crippen molar-refractivity contribution >= 4 is 23.6 Å². The molecule has 194 valence electrons. The SMILES string of the molecule is NC(=O)C1(CNc2ncnc(N(Cc3ccc(C(F)(F)F)cc3)C3CC3)c2F)CCN(C(=O)O)CC1. The van der Waals surface area contributed by atoms with E-state index in [4.69, 9.17) is 10.8 Å². The largest absolute Gasteiger partial charge is 0.465 e. The van der Waals surface area contributed by atoms with Gasteiger partial charge in [0.15, 0.2) is 11.6 Å². The first-order valence-corrected chi connectivity index (χ1v) is 11.4. The molecule has 2 amide bonds. The Morgan fingerprint density at radius 3 is 2.33 bits per heavy atom. The maximum absolute atomic E-state index is 15.5. The second-order valence-electron chi connectivity index (χ2n) is 9.18. The number of benzene rings is 1. The predicted molar refractivity (Wildman–Crippen MR) is 122 cm³/mol. The molecule has 1 saturated heterocycles. The first kappa shape index (κ1) is 25.5. The molecular weight excluding hydrogens is 484 g/mol. The molecule has 1 saturated carbocycles. The molecule has 0 radical (unpaired) electrons. The summed E-state index contributed by atoms with van der Waals surface area (Å²) < 4.78 is 54.1. The summed E-state index contributed by atoms with van der Waals surface area (Å²) in [5.74, 6) is -1.50. The lowest BCUT2D eigenvalue weighted by Gasteiger charge is -2.38. The highest BCUT2D eigenvalue weighted by atomic mass is 19.4. The van der Waals surface area contributed by atoms with Crippen LogP contribution < -0.4 is 16.0 Å². The number of nitrogens with zero attached hydrogens (tertiary/aromatic N) is 4. The second-order valence-corrected chi connectivity index (χ2v) is 9.18. The Kier molecular flexibility index (Phi) is 6.92. The fraction of sp³-hybridized carbons (Fsp3) is 0.478. The molecule has 0 spiro atoms. The minimum Gasteiger partial charge on any atom is -0.465 e. The number of carbonyl (C=O) groups is 2. The molecule has 36 heavy (non-hydrogen) atoms. The number of piperidine rings is 1. The number of carbonyl (C=O) groups excluding carboxylic acids is 1. The Morgan fingerprint density at radius 1 is 1.17 bits per heavy atom. The quantitative estimate of drug-likeness (QED) is 0.465. The topological polar surface area (TPSA) is 125 Å². The number of carboxylic acid groups (broad SMARTS) is 1. The number of amides is 2. The number of anilines is 2. The highest BCUT2D eigenvalue weighted by Gasteiger charge is 2.41. The molecule has 0 atom stereocenters. The number of hydrogen-bond acceptors (Lipinski definition) is 6. The van der Waals surface area contributed by atoms with Gasteiger partial charge < -0.3 is 26.0 Å². The summed E-state index contributed by atoms with van der Waals surface area (Å²) >= 11 is 0. The monoisotopic (exact) mass is 510 g/mol. The van der Waals surface area contributed by atoms with E-state index in [1.807, 2.05) is 0 Å². The Balaban J connectivity index is 1.50. The molecule has 4 N–H and O–H groups in total. The van der Waals surface area contributed by atoms with Gasteiger partial charge in [-0.3, -0.25) is 4.79 Å². The second kappa shape index (κ2) is 9.78. The molecule has 2 heterocycles. The van der Waals surface area contributed by atoms with E-state index in [0.29, 0.717) is 5.56 Å². The maximum atomic E-state index is 15.5. The number of primary amides is 1. The minimum absolute atomic E-state index is 0.00344. The van der Waals surface area contributed by atoms with Crippen LogP contribution in [0.15, 0.2) is 30.6 Å². The normalized spacial score (nSPS) is 17.5. The molecule has 2 aromatic rings. The molecule has 1 aliphatic heterocycles. The lowest BCUT2D eigenvalue weighted by atomic mass is 9.77. The van der Waals surface area contributed by atoms with Crippen molar-refractivity contribution in [2.24, 2.45) is 11.1 Å². The van der Waals surface area contributed by atoms with Crippen molar-refractivity contribution in [3.05, 3.63) is 47.5 Å². The molecule has 13 heteroatoms. The number of rotatable bonds is 8. The van der Waals surface area contributed by atoms with Crippen molar-refractivity contribution in [3.8, 4) is 0 Å². The highest BCUT2D eigenvalue weighted by Crippen LogP contribution is 2.36. The Labute approximate surface area is 204 Å². The molecule has 4 rings (SSSR count). The Hall–Kier alpha value is -3.64. The number of alkyl halides is 3. The molecule has 2 aliphatic rings. The fourth-order valence-electron chi connectivity index (χ4n) is 4.33. The van der Waals surface area contributed by atoms with Crippen LogP contribution in [0.1, 0.15) is 36.8 Å². The van der Waals surface area contributed by atoms with Crippen LogP contribution in [-0.2, 0) is 17.5 Å². The zero-order valence-corrected chi connectivity index (χ0v) is 19.3. The van der Waals surface area contributed by atoms with Crippen LogP contribution in [0.3, 0.4) is 0 Å². The van der Waals surface area contributed by atoms with Crippen molar-refractivity contribution in [2.75, 3.05) is 29.9 Å². The fourth-order valence-corrected chi connectivity index (χ4v) is 4.33. The molecule has 0 bridgehead atoms. The molecule has 1 aliphatic carbocycles. The average Bonchev–Trinajstić information content (AvgIpc) is 3.67. The van der Waals surface area contributed by atoms with Gasteiger partial charge in [0.2, 0.25) is 11.7 Å². The van der Waals surface area contributed by atoms with Crippen molar-refractivity contribution in [2.45, 2.75) is 44.4 Å². The highest BCUT2D eigenvalue weighted by molar-refractivity contribution is 5.82. The predicted octanol–water partition coefficient (Wildman–Crippen LogP) is 3.46. The van der Waals surface area contributed by atoms with Crippen LogP contribution >= 0.6 is 0 Å². The van der Waals surface area contributed by atoms with Crippen LogP contribution in [0, 0.1) is 11.2 Å². The van der Waals surface area contributed by atoms with Crippen LogP contribution in [0.2, 0.25) is 0 Å². The number of halogens is 4. The van der Waals surface area contributed by atoms with E-state index in [1.54, 1.807) is 4.90 Å². The molecule has 0 unspecified atom stereocenters. The Bertz CT molecular complexity index is 1120. The average molecular weight is 510 g/mol. The van der Waals surface area contributed by atoms with Crippen molar-refractivity contribution < 1.29 is 32.3 Å². The van der Waals surface area contributed by atoms with E-state index in [9.17, 15) is 22.8 Å². The van der Waals surface area contributed by atoms with Crippen LogP contribution in [-0.4, -0.2) is 57.7 Å². The molecular formula is C23H26F4N6O3. The third-order valence-electron chi connectivity index (χ3n) is 6.77. The van der Waals surface area contributed by atoms with Gasteiger partial charge in [-0.1, -0.05) is 12.1 Å². The smallest absolute Gasteiger partial charge is 0.416 e. The summed E-state index contributed by atoms with van der Waals surface area (Å²) in [4.78, 5) is 34.4. The minimum atomic E-state index is -4.44. The first-order valence-electron chi connectivity index (χ1n) is 11.4. The van der Waals surface area contributed by atoms with Gasteiger partial charge in [-0.15, -0.1) is 0 Å². The van der Waals surface area contributed by atoms with Crippen LogP contribution in [0.25, 0.3) is 0 Å². The number of nitrogens with two attached hydrogens (primary N) is 1. The van der Waals surface area contributed by atoms with Gasteiger partial charge in [0.05, 0.1) is 11.0 Å².